The maximum atomic E-state index is 9.35. The first kappa shape index (κ1) is 9.77. The number of aryl methyl sites for hydroxylation is 1. The van der Waals surface area contributed by atoms with Crippen molar-refractivity contribution in [2.24, 2.45) is 0 Å². The van der Waals surface area contributed by atoms with E-state index in [1.165, 1.54) is 6.20 Å². The lowest BCUT2D eigenvalue weighted by Gasteiger charge is -2.06. The topological polar surface area (TPSA) is 58.0 Å². The molecule has 13 heavy (non-hydrogen) atoms. The molecule has 0 amide bonds. The van der Waals surface area contributed by atoms with Crippen LogP contribution in [0.2, 0.25) is 0 Å². The molecule has 1 aromatic rings. The van der Waals surface area contributed by atoms with E-state index in [1.54, 1.807) is 6.92 Å². The molecule has 0 atom stereocenters. The fraction of sp³-hybridized carbons (Fsp3) is 0.556. The zero-order valence-electron chi connectivity index (χ0n) is 8.04. The van der Waals surface area contributed by atoms with E-state index in [2.05, 4.69) is 22.2 Å². The fourth-order valence-corrected chi connectivity index (χ4v) is 0.977. The van der Waals surface area contributed by atoms with Crippen molar-refractivity contribution in [3.63, 3.8) is 0 Å². The fourth-order valence-electron chi connectivity index (χ4n) is 0.977. The monoisotopic (exact) mass is 181 g/mol. The Bertz CT molecular complexity index is 276. The smallest absolute Gasteiger partial charge is 0.176 e. The number of aromatic nitrogens is 2. The van der Waals surface area contributed by atoms with E-state index in [4.69, 9.17) is 0 Å². The minimum absolute atomic E-state index is 0.113. The maximum Gasteiger partial charge on any atom is 0.176 e. The Kier molecular flexibility index (Phi) is 3.49. The highest BCUT2D eigenvalue weighted by Crippen LogP contribution is 2.17. The van der Waals surface area contributed by atoms with Crippen LogP contribution in [-0.2, 0) is 0 Å². The normalized spacial score (nSPS) is 10.0. The van der Waals surface area contributed by atoms with Crippen LogP contribution in [0.3, 0.4) is 0 Å². The zero-order valence-corrected chi connectivity index (χ0v) is 8.04. The van der Waals surface area contributed by atoms with E-state index in [-0.39, 0.29) is 5.75 Å². The van der Waals surface area contributed by atoms with Gasteiger partial charge in [-0.2, -0.15) is 0 Å². The lowest BCUT2D eigenvalue weighted by molar-refractivity contribution is 0.471. The zero-order chi connectivity index (χ0) is 9.68. The average Bonchev–Trinajstić information content (AvgIpc) is 2.11. The molecule has 0 aliphatic carbocycles. The summed E-state index contributed by atoms with van der Waals surface area (Å²) in [4.78, 5) is 7.94. The molecule has 0 radical (unpaired) electrons. The third-order valence-corrected chi connectivity index (χ3v) is 1.71. The van der Waals surface area contributed by atoms with Gasteiger partial charge in [-0.15, -0.1) is 0 Å². The number of nitrogens with zero attached hydrogens (tertiary/aromatic N) is 2. The standard InChI is InChI=1S/C9H15N3O/c1-3-4-5-10-9-8(13)6-11-7(2)12-9/h6,13H,3-5H2,1-2H3,(H,10,11,12). The molecule has 0 aliphatic heterocycles. The number of hydrogen-bond donors (Lipinski definition) is 2. The molecule has 0 fully saturated rings. The van der Waals surface area contributed by atoms with Crippen molar-refractivity contribution in [1.29, 1.82) is 0 Å². The van der Waals surface area contributed by atoms with Crippen molar-refractivity contribution < 1.29 is 5.11 Å². The van der Waals surface area contributed by atoms with Gasteiger partial charge in [0, 0.05) is 6.54 Å². The molecule has 0 bridgehead atoms. The summed E-state index contributed by atoms with van der Waals surface area (Å²) < 4.78 is 0. The summed E-state index contributed by atoms with van der Waals surface area (Å²) >= 11 is 0. The Morgan fingerprint density at radius 2 is 2.31 bits per heavy atom. The molecule has 0 aromatic carbocycles. The Morgan fingerprint density at radius 3 is 3.00 bits per heavy atom. The van der Waals surface area contributed by atoms with E-state index >= 15 is 0 Å². The van der Waals surface area contributed by atoms with Gasteiger partial charge in [0.25, 0.3) is 0 Å². The molecule has 4 heteroatoms. The molecular formula is C9H15N3O. The Balaban J connectivity index is 2.59. The largest absolute Gasteiger partial charge is 0.503 e. The van der Waals surface area contributed by atoms with Gasteiger partial charge in [0.2, 0.25) is 0 Å². The molecule has 4 nitrogen and oxygen atoms in total. The van der Waals surface area contributed by atoms with Crippen LogP contribution in [0.5, 0.6) is 5.75 Å². The van der Waals surface area contributed by atoms with Gasteiger partial charge in [0.05, 0.1) is 6.20 Å². The molecule has 0 unspecified atom stereocenters. The molecule has 0 saturated carbocycles. The summed E-state index contributed by atoms with van der Waals surface area (Å²) in [6.45, 7) is 4.75. The van der Waals surface area contributed by atoms with Gasteiger partial charge in [0.15, 0.2) is 11.6 Å². The molecular weight excluding hydrogens is 166 g/mol. The lowest BCUT2D eigenvalue weighted by Crippen LogP contribution is -2.04. The number of anilines is 1. The summed E-state index contributed by atoms with van der Waals surface area (Å²) in [5.74, 6) is 1.31. The molecule has 72 valence electrons. The minimum Gasteiger partial charge on any atom is -0.503 e. The summed E-state index contributed by atoms with van der Waals surface area (Å²) in [7, 11) is 0. The van der Waals surface area contributed by atoms with Crippen LogP contribution < -0.4 is 5.32 Å². The summed E-state index contributed by atoms with van der Waals surface area (Å²) in [6, 6.07) is 0. The lowest BCUT2D eigenvalue weighted by atomic mass is 10.3. The predicted octanol–water partition coefficient (Wildman–Crippen LogP) is 1.70. The highest BCUT2D eigenvalue weighted by Gasteiger charge is 2.01. The van der Waals surface area contributed by atoms with Gasteiger partial charge in [-0.1, -0.05) is 13.3 Å². The second-order valence-electron chi connectivity index (χ2n) is 2.93. The molecule has 1 heterocycles. The number of nitrogens with one attached hydrogen (secondary N) is 1. The highest BCUT2D eigenvalue weighted by atomic mass is 16.3. The van der Waals surface area contributed by atoms with Crippen molar-refractivity contribution in [2.45, 2.75) is 26.7 Å². The second kappa shape index (κ2) is 4.64. The molecule has 1 aromatic heterocycles. The van der Waals surface area contributed by atoms with Crippen molar-refractivity contribution in [3.05, 3.63) is 12.0 Å². The minimum atomic E-state index is 0.113. The van der Waals surface area contributed by atoms with Gasteiger partial charge >= 0.3 is 0 Å². The summed E-state index contributed by atoms with van der Waals surface area (Å²) in [5.41, 5.74) is 0. The average molecular weight is 181 g/mol. The van der Waals surface area contributed by atoms with Crippen LogP contribution in [0, 0.1) is 6.92 Å². The maximum absolute atomic E-state index is 9.35. The van der Waals surface area contributed by atoms with E-state index in [0.717, 1.165) is 19.4 Å². The van der Waals surface area contributed by atoms with Crippen LogP contribution in [0.1, 0.15) is 25.6 Å². The third kappa shape index (κ3) is 2.89. The van der Waals surface area contributed by atoms with Crippen LogP contribution in [-0.4, -0.2) is 21.6 Å². The van der Waals surface area contributed by atoms with Crippen molar-refractivity contribution >= 4 is 5.82 Å². The molecule has 0 spiro atoms. The third-order valence-electron chi connectivity index (χ3n) is 1.71. The van der Waals surface area contributed by atoms with Crippen LogP contribution >= 0.6 is 0 Å². The van der Waals surface area contributed by atoms with Gasteiger partial charge in [-0.3, -0.25) is 0 Å². The number of hydrogen-bond acceptors (Lipinski definition) is 4. The van der Waals surface area contributed by atoms with E-state index in [9.17, 15) is 5.11 Å². The van der Waals surface area contributed by atoms with Gasteiger partial charge < -0.3 is 10.4 Å². The molecule has 0 aliphatic rings. The van der Waals surface area contributed by atoms with Crippen molar-refractivity contribution in [2.75, 3.05) is 11.9 Å². The van der Waals surface area contributed by atoms with Crippen molar-refractivity contribution in [1.82, 2.24) is 9.97 Å². The summed E-state index contributed by atoms with van der Waals surface area (Å²) in [5, 5.41) is 12.4. The van der Waals surface area contributed by atoms with Gasteiger partial charge in [0.1, 0.15) is 5.82 Å². The second-order valence-corrected chi connectivity index (χ2v) is 2.93. The van der Waals surface area contributed by atoms with Crippen molar-refractivity contribution in [3.8, 4) is 5.75 Å². The van der Waals surface area contributed by atoms with Gasteiger partial charge in [-0.25, -0.2) is 9.97 Å². The number of aromatic hydroxyl groups is 1. The Hall–Kier alpha value is -1.32. The Morgan fingerprint density at radius 1 is 1.54 bits per heavy atom. The van der Waals surface area contributed by atoms with E-state index < -0.39 is 0 Å². The Labute approximate surface area is 78.0 Å². The predicted molar refractivity (Wildman–Crippen MR) is 51.8 cm³/mol. The molecule has 2 N–H and O–H groups in total. The number of rotatable bonds is 4. The first-order chi connectivity index (χ1) is 6.24. The molecule has 1 rings (SSSR count). The van der Waals surface area contributed by atoms with E-state index in [1.807, 2.05) is 0 Å². The van der Waals surface area contributed by atoms with Crippen LogP contribution in [0.25, 0.3) is 0 Å². The van der Waals surface area contributed by atoms with Crippen LogP contribution in [0.15, 0.2) is 6.20 Å². The first-order valence-electron chi connectivity index (χ1n) is 4.50. The van der Waals surface area contributed by atoms with Crippen LogP contribution in [0.4, 0.5) is 5.82 Å². The number of unbranched alkanes of at least 4 members (excludes halogenated alkanes) is 1. The van der Waals surface area contributed by atoms with E-state index in [0.29, 0.717) is 11.6 Å². The quantitative estimate of drug-likeness (QED) is 0.694. The summed E-state index contributed by atoms with van der Waals surface area (Å²) in [6.07, 6.45) is 3.61. The molecule has 0 saturated heterocycles. The van der Waals surface area contributed by atoms with Gasteiger partial charge in [-0.05, 0) is 13.3 Å². The first-order valence-corrected chi connectivity index (χ1v) is 4.50. The SMILES string of the molecule is CCCCNc1nc(C)ncc1O. The highest BCUT2D eigenvalue weighted by molar-refractivity contribution is 5.47.